The molecule has 8 heteroatoms. The number of carbonyl (C=O) groups excluding carboxylic acids is 1. The van der Waals surface area contributed by atoms with Crippen LogP contribution in [0.2, 0.25) is 5.28 Å². The highest BCUT2D eigenvalue weighted by Crippen LogP contribution is 2.09. The number of hydrogen-bond donors (Lipinski definition) is 2. The van der Waals surface area contributed by atoms with E-state index in [-0.39, 0.29) is 17.2 Å². The predicted molar refractivity (Wildman–Crippen MR) is 58.6 cm³/mol. The van der Waals surface area contributed by atoms with Crippen molar-refractivity contribution in [1.82, 2.24) is 20.3 Å². The van der Waals surface area contributed by atoms with Crippen LogP contribution in [-0.4, -0.2) is 41.1 Å². The quantitative estimate of drug-likeness (QED) is 0.715. The zero-order valence-electron chi connectivity index (χ0n) is 8.95. The van der Waals surface area contributed by atoms with Gasteiger partial charge in [-0.25, -0.2) is 0 Å². The molecule has 0 saturated carbocycles. The molecule has 0 bridgehead atoms. The van der Waals surface area contributed by atoms with Crippen LogP contribution in [0.3, 0.4) is 0 Å². The van der Waals surface area contributed by atoms with Crippen molar-refractivity contribution >= 4 is 23.5 Å². The zero-order chi connectivity index (χ0) is 12.0. The molecular formula is C8H12ClN5O2. The van der Waals surface area contributed by atoms with Crippen molar-refractivity contribution < 1.29 is 9.53 Å². The number of methoxy groups -OCH3 is 1. The lowest BCUT2D eigenvalue weighted by molar-refractivity contribution is -0.118. The molecule has 0 fully saturated rings. The molecule has 0 aromatic carbocycles. The molecule has 1 aromatic rings. The number of nitrogens with zero attached hydrogens (tertiary/aromatic N) is 3. The van der Waals surface area contributed by atoms with Gasteiger partial charge in [-0.1, -0.05) is 0 Å². The van der Waals surface area contributed by atoms with E-state index in [2.05, 4.69) is 25.6 Å². The van der Waals surface area contributed by atoms with E-state index in [1.54, 1.807) is 0 Å². The van der Waals surface area contributed by atoms with E-state index in [0.717, 1.165) is 0 Å². The van der Waals surface area contributed by atoms with Crippen molar-refractivity contribution in [3.8, 4) is 6.01 Å². The van der Waals surface area contributed by atoms with Crippen LogP contribution in [0.25, 0.3) is 0 Å². The summed E-state index contributed by atoms with van der Waals surface area (Å²) in [4.78, 5) is 22.1. The van der Waals surface area contributed by atoms with Gasteiger partial charge in [0.25, 0.3) is 0 Å². The minimum atomic E-state index is -0.0898. The number of rotatable bonds is 5. The Morgan fingerprint density at radius 3 is 2.75 bits per heavy atom. The second-order valence-electron chi connectivity index (χ2n) is 2.82. The number of amides is 1. The molecule has 7 nitrogen and oxygen atoms in total. The largest absolute Gasteiger partial charge is 0.467 e. The smallest absolute Gasteiger partial charge is 0.322 e. The first-order chi connectivity index (χ1) is 7.61. The fourth-order valence-corrected chi connectivity index (χ4v) is 1.07. The summed E-state index contributed by atoms with van der Waals surface area (Å²) in [5, 5.41) is 5.55. The van der Waals surface area contributed by atoms with Crippen molar-refractivity contribution in [2.75, 3.05) is 25.5 Å². The summed E-state index contributed by atoms with van der Waals surface area (Å²) in [5.74, 6) is 0.218. The van der Waals surface area contributed by atoms with Crippen LogP contribution in [0.15, 0.2) is 0 Å². The molecule has 0 unspecified atom stereocenters. The normalized spacial score (nSPS) is 9.69. The third-order valence-electron chi connectivity index (χ3n) is 1.55. The summed E-state index contributed by atoms with van der Waals surface area (Å²) in [7, 11) is 1.44. The van der Waals surface area contributed by atoms with Crippen molar-refractivity contribution in [2.45, 2.75) is 6.92 Å². The Bertz CT molecular complexity index is 373. The van der Waals surface area contributed by atoms with Crippen LogP contribution >= 0.6 is 11.6 Å². The maximum atomic E-state index is 10.6. The third-order valence-corrected chi connectivity index (χ3v) is 1.72. The van der Waals surface area contributed by atoms with Gasteiger partial charge >= 0.3 is 6.01 Å². The molecule has 1 amide bonds. The average Bonchev–Trinajstić information content (AvgIpc) is 2.23. The van der Waals surface area contributed by atoms with Gasteiger partial charge in [0.1, 0.15) is 0 Å². The fraction of sp³-hybridized carbons (Fsp3) is 0.500. The van der Waals surface area contributed by atoms with E-state index in [0.29, 0.717) is 19.0 Å². The van der Waals surface area contributed by atoms with E-state index in [9.17, 15) is 4.79 Å². The zero-order valence-corrected chi connectivity index (χ0v) is 9.71. The molecule has 88 valence electrons. The lowest BCUT2D eigenvalue weighted by atomic mass is 10.6. The molecule has 16 heavy (non-hydrogen) atoms. The Labute approximate surface area is 97.6 Å². The number of carbonyl (C=O) groups is 1. The van der Waals surface area contributed by atoms with Crippen molar-refractivity contribution in [3.05, 3.63) is 5.28 Å². The molecule has 0 saturated heterocycles. The number of anilines is 1. The molecule has 0 radical (unpaired) electrons. The van der Waals surface area contributed by atoms with Gasteiger partial charge in [-0.15, -0.1) is 0 Å². The fourth-order valence-electron chi connectivity index (χ4n) is 0.915. The molecule has 1 rings (SSSR count). The second-order valence-corrected chi connectivity index (χ2v) is 3.16. The number of ether oxygens (including phenoxy) is 1. The van der Waals surface area contributed by atoms with Gasteiger partial charge in [-0.3, -0.25) is 4.79 Å². The minimum absolute atomic E-state index is 0.0499. The standard InChI is InChI=1S/C8H12ClN5O2/c1-5(15)10-3-4-11-7-12-6(9)13-8(14-7)16-2/h3-4H2,1-2H3,(H,10,15)(H,11,12,13,14). The second kappa shape index (κ2) is 6.06. The van der Waals surface area contributed by atoms with E-state index in [4.69, 9.17) is 16.3 Å². The van der Waals surface area contributed by atoms with Gasteiger partial charge < -0.3 is 15.4 Å². The van der Waals surface area contributed by atoms with Crippen LogP contribution in [-0.2, 0) is 4.79 Å². The molecular weight excluding hydrogens is 234 g/mol. The molecule has 1 aromatic heterocycles. The SMILES string of the molecule is COc1nc(Cl)nc(NCCNC(C)=O)n1. The van der Waals surface area contributed by atoms with Gasteiger partial charge in [0.15, 0.2) is 0 Å². The highest BCUT2D eigenvalue weighted by molar-refractivity contribution is 6.28. The summed E-state index contributed by atoms with van der Waals surface area (Å²) in [6.07, 6.45) is 0. The first-order valence-corrected chi connectivity index (χ1v) is 4.93. The number of nitrogens with one attached hydrogen (secondary N) is 2. The van der Waals surface area contributed by atoms with Crippen molar-refractivity contribution in [1.29, 1.82) is 0 Å². The molecule has 1 heterocycles. The van der Waals surface area contributed by atoms with Gasteiger partial charge in [-0.05, 0) is 11.6 Å². The molecule has 0 aliphatic rings. The summed E-state index contributed by atoms with van der Waals surface area (Å²) in [6.45, 7) is 2.41. The Kier molecular flexibility index (Phi) is 4.71. The van der Waals surface area contributed by atoms with Crippen LogP contribution in [0.1, 0.15) is 6.92 Å². The number of aromatic nitrogens is 3. The van der Waals surface area contributed by atoms with Gasteiger partial charge in [0, 0.05) is 20.0 Å². The maximum absolute atomic E-state index is 10.6. The van der Waals surface area contributed by atoms with Gasteiger partial charge in [0.2, 0.25) is 17.1 Å². The minimum Gasteiger partial charge on any atom is -0.467 e. The molecule has 0 aliphatic heterocycles. The summed E-state index contributed by atoms with van der Waals surface area (Å²) in [5.41, 5.74) is 0. The van der Waals surface area contributed by atoms with Crippen LogP contribution in [0.4, 0.5) is 5.95 Å². The van der Waals surface area contributed by atoms with Gasteiger partial charge in [0.05, 0.1) is 7.11 Å². The molecule has 0 aliphatic carbocycles. The van der Waals surface area contributed by atoms with Crippen LogP contribution in [0, 0.1) is 0 Å². The van der Waals surface area contributed by atoms with E-state index in [1.165, 1.54) is 14.0 Å². The lowest BCUT2D eigenvalue weighted by Crippen LogP contribution is -2.26. The molecule has 0 spiro atoms. The van der Waals surface area contributed by atoms with Crippen molar-refractivity contribution in [2.24, 2.45) is 0 Å². The van der Waals surface area contributed by atoms with Crippen LogP contribution in [0.5, 0.6) is 6.01 Å². The maximum Gasteiger partial charge on any atom is 0.322 e. The highest BCUT2D eigenvalue weighted by atomic mass is 35.5. The molecule has 2 N–H and O–H groups in total. The van der Waals surface area contributed by atoms with Crippen LogP contribution < -0.4 is 15.4 Å². The average molecular weight is 246 g/mol. The van der Waals surface area contributed by atoms with E-state index < -0.39 is 0 Å². The topological polar surface area (TPSA) is 89.0 Å². The monoisotopic (exact) mass is 245 g/mol. The van der Waals surface area contributed by atoms with E-state index >= 15 is 0 Å². The van der Waals surface area contributed by atoms with Crippen molar-refractivity contribution in [3.63, 3.8) is 0 Å². The summed E-state index contributed by atoms with van der Waals surface area (Å²) < 4.78 is 4.82. The van der Waals surface area contributed by atoms with E-state index in [1.807, 2.05) is 0 Å². The lowest BCUT2D eigenvalue weighted by Gasteiger charge is -2.06. The number of hydrogen-bond acceptors (Lipinski definition) is 6. The number of halogens is 1. The Morgan fingerprint density at radius 2 is 2.12 bits per heavy atom. The Hall–Kier alpha value is -1.63. The predicted octanol–water partition coefficient (Wildman–Crippen LogP) is 0.0816. The molecule has 0 atom stereocenters. The Morgan fingerprint density at radius 1 is 1.38 bits per heavy atom. The summed E-state index contributed by atoms with van der Waals surface area (Å²) in [6, 6.07) is 0.141. The Balaban J connectivity index is 2.47. The third kappa shape index (κ3) is 4.26. The first-order valence-electron chi connectivity index (χ1n) is 4.55. The highest BCUT2D eigenvalue weighted by Gasteiger charge is 2.03. The summed E-state index contributed by atoms with van der Waals surface area (Å²) >= 11 is 5.64. The first kappa shape index (κ1) is 12.4. The van der Waals surface area contributed by atoms with Gasteiger partial charge in [-0.2, -0.15) is 15.0 Å².